The number of ether oxygens (including phenoxy) is 1. The van der Waals surface area contributed by atoms with Crippen molar-refractivity contribution >= 4 is 27.9 Å². The molecule has 5 aromatic rings. The minimum atomic E-state index is -0.468. The number of carbonyl (C=O) groups is 1. The Balaban J connectivity index is 1.69. The fraction of sp³-hybridized carbons (Fsp3) is 0.172. The second kappa shape index (κ2) is 10.1. The number of likely N-dealkylation sites (N-methyl/N-ethyl adjacent to an activating group) is 1. The van der Waals surface area contributed by atoms with Crippen LogP contribution in [0.1, 0.15) is 21.5 Å². The summed E-state index contributed by atoms with van der Waals surface area (Å²) in [6.45, 7) is 1.56. The van der Waals surface area contributed by atoms with Crippen molar-refractivity contribution in [3.05, 3.63) is 100.0 Å². The lowest BCUT2D eigenvalue weighted by Crippen LogP contribution is -2.28. The molecule has 0 saturated carbocycles. The van der Waals surface area contributed by atoms with Gasteiger partial charge in [0.1, 0.15) is 5.69 Å². The summed E-state index contributed by atoms with van der Waals surface area (Å²) in [4.78, 5) is 30.7. The third kappa shape index (κ3) is 4.48. The molecule has 184 valence electrons. The standard InChI is InChI=1S/C29H25N5O3/c1-31-13-14-34-26-15-21(29(36)37-2)11-12-24(26)32-27(28(34)35)23-18-33(25-6-4-3-5-22(23)25)17-20-9-7-19(16-30)8-10-20/h3-12,15,18,31H,13-14,17H2,1-2H3. The third-order valence-corrected chi connectivity index (χ3v) is 6.43. The number of nitrogens with zero attached hydrogens (tertiary/aromatic N) is 4. The third-order valence-electron chi connectivity index (χ3n) is 6.43. The first kappa shape index (κ1) is 24.0. The number of fused-ring (bicyclic) bond motifs is 2. The number of benzene rings is 3. The first-order valence-electron chi connectivity index (χ1n) is 11.9. The summed E-state index contributed by atoms with van der Waals surface area (Å²) < 4.78 is 8.62. The maximum Gasteiger partial charge on any atom is 0.337 e. The van der Waals surface area contributed by atoms with Gasteiger partial charge in [-0.05, 0) is 49.0 Å². The molecule has 0 aliphatic rings. The van der Waals surface area contributed by atoms with E-state index in [2.05, 4.69) is 16.0 Å². The van der Waals surface area contributed by atoms with Crippen LogP contribution < -0.4 is 10.9 Å². The molecular weight excluding hydrogens is 466 g/mol. The van der Waals surface area contributed by atoms with Crippen LogP contribution in [0.5, 0.6) is 0 Å². The number of rotatable bonds is 7. The van der Waals surface area contributed by atoms with E-state index in [4.69, 9.17) is 15.0 Å². The molecule has 2 aromatic heterocycles. The van der Waals surface area contributed by atoms with E-state index in [9.17, 15) is 9.59 Å². The van der Waals surface area contributed by atoms with Crippen LogP contribution in [-0.2, 0) is 17.8 Å². The molecule has 0 amide bonds. The van der Waals surface area contributed by atoms with Crippen LogP contribution in [0.2, 0.25) is 0 Å². The lowest BCUT2D eigenvalue weighted by molar-refractivity contribution is 0.0601. The van der Waals surface area contributed by atoms with E-state index in [1.807, 2.05) is 49.6 Å². The number of esters is 1. The van der Waals surface area contributed by atoms with Crippen molar-refractivity contribution in [2.45, 2.75) is 13.1 Å². The van der Waals surface area contributed by atoms with Gasteiger partial charge >= 0.3 is 5.97 Å². The van der Waals surface area contributed by atoms with Gasteiger partial charge in [-0.3, -0.25) is 4.79 Å². The fourth-order valence-corrected chi connectivity index (χ4v) is 4.55. The summed E-state index contributed by atoms with van der Waals surface area (Å²) >= 11 is 0. The Hall–Kier alpha value is -4.74. The van der Waals surface area contributed by atoms with Gasteiger partial charge in [-0.2, -0.15) is 5.26 Å². The van der Waals surface area contributed by atoms with E-state index in [-0.39, 0.29) is 5.56 Å². The lowest BCUT2D eigenvalue weighted by atomic mass is 10.1. The van der Waals surface area contributed by atoms with E-state index < -0.39 is 5.97 Å². The molecule has 0 radical (unpaired) electrons. The maximum atomic E-state index is 13.8. The number of nitriles is 1. The molecule has 8 nitrogen and oxygen atoms in total. The van der Waals surface area contributed by atoms with Gasteiger partial charge in [0.15, 0.2) is 0 Å². The molecule has 0 fully saturated rings. The smallest absolute Gasteiger partial charge is 0.337 e. The topological polar surface area (TPSA) is 102 Å². The summed E-state index contributed by atoms with van der Waals surface area (Å²) in [5.74, 6) is -0.468. The first-order valence-corrected chi connectivity index (χ1v) is 11.9. The summed E-state index contributed by atoms with van der Waals surface area (Å²) in [5, 5.41) is 13.1. The Morgan fingerprint density at radius 1 is 1.08 bits per heavy atom. The quantitative estimate of drug-likeness (QED) is 0.346. The Bertz CT molecular complexity index is 1730. The Morgan fingerprint density at radius 3 is 2.59 bits per heavy atom. The molecular formula is C29H25N5O3. The number of methoxy groups -OCH3 is 1. The van der Waals surface area contributed by atoms with Crippen LogP contribution in [0, 0.1) is 11.3 Å². The van der Waals surface area contributed by atoms with E-state index >= 15 is 0 Å². The van der Waals surface area contributed by atoms with E-state index in [0.29, 0.717) is 47.5 Å². The SMILES string of the molecule is CNCCn1c(=O)c(-c2cn(Cc3ccc(C#N)cc3)c3ccccc23)nc2ccc(C(=O)OC)cc21. The predicted octanol–water partition coefficient (Wildman–Crippen LogP) is 3.94. The molecule has 0 bridgehead atoms. The van der Waals surface area contributed by atoms with E-state index in [0.717, 1.165) is 22.0 Å². The first-order chi connectivity index (χ1) is 18.0. The van der Waals surface area contributed by atoms with Crippen LogP contribution in [0.25, 0.3) is 33.2 Å². The number of hydrogen-bond acceptors (Lipinski definition) is 6. The van der Waals surface area contributed by atoms with Crippen molar-refractivity contribution in [2.24, 2.45) is 0 Å². The van der Waals surface area contributed by atoms with Gasteiger partial charge in [-0.15, -0.1) is 0 Å². The van der Waals surface area contributed by atoms with E-state index in [1.54, 1.807) is 34.9 Å². The zero-order chi connectivity index (χ0) is 25.9. The summed E-state index contributed by atoms with van der Waals surface area (Å²) in [5.41, 5.74) is 5.04. The predicted molar refractivity (Wildman–Crippen MR) is 142 cm³/mol. The average molecular weight is 492 g/mol. The second-order valence-corrected chi connectivity index (χ2v) is 8.71. The molecule has 0 saturated heterocycles. The average Bonchev–Trinajstić information content (AvgIpc) is 3.30. The summed E-state index contributed by atoms with van der Waals surface area (Å²) in [7, 11) is 3.15. The van der Waals surface area contributed by atoms with Gasteiger partial charge in [-0.1, -0.05) is 30.3 Å². The zero-order valence-electron chi connectivity index (χ0n) is 20.6. The minimum Gasteiger partial charge on any atom is -0.465 e. The van der Waals surface area contributed by atoms with Crippen LogP contribution in [0.4, 0.5) is 0 Å². The van der Waals surface area contributed by atoms with Crippen LogP contribution >= 0.6 is 0 Å². The van der Waals surface area contributed by atoms with Gasteiger partial charge < -0.3 is 19.2 Å². The normalized spacial score (nSPS) is 11.1. The molecule has 37 heavy (non-hydrogen) atoms. The van der Waals surface area contributed by atoms with Crippen molar-refractivity contribution in [1.29, 1.82) is 5.26 Å². The van der Waals surface area contributed by atoms with Gasteiger partial charge in [0.25, 0.3) is 5.56 Å². The molecule has 0 aliphatic heterocycles. The van der Waals surface area contributed by atoms with Gasteiger partial charge in [0.05, 0.1) is 35.3 Å². The highest BCUT2D eigenvalue weighted by molar-refractivity contribution is 5.97. The summed E-state index contributed by atoms with van der Waals surface area (Å²) in [6, 6.07) is 22.6. The van der Waals surface area contributed by atoms with E-state index in [1.165, 1.54) is 7.11 Å². The highest BCUT2D eigenvalue weighted by Gasteiger charge is 2.19. The summed E-state index contributed by atoms with van der Waals surface area (Å²) in [6.07, 6.45) is 1.96. The zero-order valence-corrected chi connectivity index (χ0v) is 20.6. The highest BCUT2D eigenvalue weighted by atomic mass is 16.5. The minimum absolute atomic E-state index is 0.231. The number of carbonyl (C=O) groups excluding carboxylic acids is 1. The molecule has 0 unspecified atom stereocenters. The van der Waals surface area contributed by atoms with Crippen LogP contribution in [0.3, 0.4) is 0 Å². The lowest BCUT2D eigenvalue weighted by Gasteiger charge is -2.13. The molecule has 2 heterocycles. The highest BCUT2D eigenvalue weighted by Crippen LogP contribution is 2.30. The van der Waals surface area contributed by atoms with Crippen molar-refractivity contribution < 1.29 is 9.53 Å². The molecule has 0 aliphatic carbocycles. The molecule has 1 N–H and O–H groups in total. The van der Waals surface area contributed by atoms with Gasteiger partial charge in [-0.25, -0.2) is 9.78 Å². The number of nitrogens with one attached hydrogen (secondary N) is 1. The van der Waals surface area contributed by atoms with Crippen LogP contribution in [0.15, 0.2) is 77.7 Å². The number of hydrogen-bond donors (Lipinski definition) is 1. The van der Waals surface area contributed by atoms with Crippen molar-refractivity contribution in [3.8, 4) is 17.3 Å². The van der Waals surface area contributed by atoms with Gasteiger partial charge in [0, 0.05) is 42.3 Å². The Kier molecular flexibility index (Phi) is 6.54. The largest absolute Gasteiger partial charge is 0.465 e. The molecule has 0 spiro atoms. The fourth-order valence-electron chi connectivity index (χ4n) is 4.55. The van der Waals surface area contributed by atoms with Gasteiger partial charge in [0.2, 0.25) is 0 Å². The van der Waals surface area contributed by atoms with Crippen molar-refractivity contribution in [3.63, 3.8) is 0 Å². The monoisotopic (exact) mass is 491 g/mol. The molecule has 0 atom stereocenters. The van der Waals surface area contributed by atoms with Crippen molar-refractivity contribution in [1.82, 2.24) is 19.4 Å². The molecule has 5 rings (SSSR count). The second-order valence-electron chi connectivity index (χ2n) is 8.71. The van der Waals surface area contributed by atoms with Crippen molar-refractivity contribution in [2.75, 3.05) is 20.7 Å². The van der Waals surface area contributed by atoms with Crippen LogP contribution in [-0.4, -0.2) is 40.8 Å². The number of aromatic nitrogens is 3. The maximum absolute atomic E-state index is 13.8. The Labute approximate surface area is 213 Å². The number of para-hydroxylation sites is 1. The molecule has 3 aromatic carbocycles. The Morgan fingerprint density at radius 2 is 1.86 bits per heavy atom. The molecule has 8 heteroatoms.